The number of ether oxygens (including phenoxy) is 2. The van der Waals surface area contributed by atoms with Gasteiger partial charge in [-0.1, -0.05) is 18.0 Å². The summed E-state index contributed by atoms with van der Waals surface area (Å²) in [5.74, 6) is -2.48. The molecule has 5 nitrogen and oxygen atoms in total. The highest BCUT2D eigenvalue weighted by Crippen LogP contribution is 2.41. The fourth-order valence-corrected chi connectivity index (χ4v) is 3.81. The lowest BCUT2D eigenvalue weighted by Gasteiger charge is -2.34. The number of rotatable bonds is 4. The van der Waals surface area contributed by atoms with Crippen molar-refractivity contribution in [1.29, 1.82) is 0 Å². The number of alkyl halides is 2. The second-order valence-electron chi connectivity index (χ2n) is 6.95. The minimum absolute atomic E-state index is 0.168. The van der Waals surface area contributed by atoms with E-state index in [0.29, 0.717) is 17.0 Å². The van der Waals surface area contributed by atoms with Crippen LogP contribution >= 0.6 is 11.6 Å². The van der Waals surface area contributed by atoms with Gasteiger partial charge in [0.1, 0.15) is 22.7 Å². The van der Waals surface area contributed by atoms with E-state index in [0.717, 1.165) is 12.8 Å². The number of fused-ring (bicyclic) bond motifs is 1. The third kappa shape index (κ3) is 3.26. The van der Waals surface area contributed by atoms with Crippen LogP contribution in [-0.4, -0.2) is 32.7 Å². The highest BCUT2D eigenvalue weighted by atomic mass is 35.5. The summed E-state index contributed by atoms with van der Waals surface area (Å²) in [7, 11) is 1.82. The second-order valence-corrected chi connectivity index (χ2v) is 7.32. The van der Waals surface area contributed by atoms with E-state index in [2.05, 4.69) is 9.97 Å². The average Bonchev–Trinajstić information content (AvgIpc) is 2.86. The number of nitrogens with zero attached hydrogens (tertiary/aromatic N) is 3. The fourth-order valence-electron chi connectivity index (χ4n) is 3.49. The summed E-state index contributed by atoms with van der Waals surface area (Å²) >= 11 is 6.41. The predicted octanol–water partition coefficient (Wildman–Crippen LogP) is 4.51. The maximum absolute atomic E-state index is 13.0. The molecular weight excluding hydrogens is 352 g/mol. The predicted molar refractivity (Wildman–Crippen MR) is 89.6 cm³/mol. The van der Waals surface area contributed by atoms with Gasteiger partial charge in [-0.25, -0.2) is 13.8 Å². The first-order chi connectivity index (χ1) is 11.9. The molecule has 0 amide bonds. The summed E-state index contributed by atoms with van der Waals surface area (Å²) in [6.45, 7) is 0. The zero-order valence-electron chi connectivity index (χ0n) is 14.0. The van der Waals surface area contributed by atoms with Crippen molar-refractivity contribution in [2.24, 2.45) is 7.05 Å². The molecule has 8 heteroatoms. The SMILES string of the molecule is Cn1c(OC2CCCCC2)nc2cnc(OC3CC(F)(F)C3)c(Cl)c21. The molecule has 0 aliphatic heterocycles. The van der Waals surface area contributed by atoms with E-state index >= 15 is 0 Å². The van der Waals surface area contributed by atoms with Crippen LogP contribution in [0.4, 0.5) is 8.78 Å². The summed E-state index contributed by atoms with van der Waals surface area (Å²) in [6.07, 6.45) is 6.20. The summed E-state index contributed by atoms with van der Waals surface area (Å²) in [4.78, 5) is 8.61. The van der Waals surface area contributed by atoms with E-state index in [4.69, 9.17) is 21.1 Å². The van der Waals surface area contributed by atoms with Gasteiger partial charge in [-0.05, 0) is 25.7 Å². The Morgan fingerprint density at radius 3 is 2.56 bits per heavy atom. The Kier molecular flexibility index (Phi) is 4.22. The van der Waals surface area contributed by atoms with Crippen LogP contribution in [0.3, 0.4) is 0 Å². The molecule has 0 atom stereocenters. The normalized spacial score (nSPS) is 21.3. The number of imidazole rings is 1. The van der Waals surface area contributed by atoms with Crippen LogP contribution in [0.5, 0.6) is 11.9 Å². The first-order valence-electron chi connectivity index (χ1n) is 8.65. The number of hydrogen-bond acceptors (Lipinski definition) is 4. The summed E-state index contributed by atoms with van der Waals surface area (Å²) < 4.78 is 39.3. The molecule has 0 aromatic carbocycles. The molecule has 0 unspecified atom stereocenters. The van der Waals surface area contributed by atoms with Crippen molar-refractivity contribution in [3.05, 3.63) is 11.2 Å². The Morgan fingerprint density at radius 1 is 1.16 bits per heavy atom. The Labute approximate surface area is 149 Å². The zero-order valence-corrected chi connectivity index (χ0v) is 14.7. The van der Waals surface area contributed by atoms with Crippen LogP contribution in [-0.2, 0) is 7.05 Å². The maximum atomic E-state index is 13.0. The van der Waals surface area contributed by atoms with Crippen molar-refractivity contribution in [3.63, 3.8) is 0 Å². The summed E-state index contributed by atoms with van der Waals surface area (Å²) in [5.41, 5.74) is 1.24. The minimum atomic E-state index is -2.64. The highest BCUT2D eigenvalue weighted by molar-refractivity contribution is 6.36. The van der Waals surface area contributed by atoms with Crippen molar-refractivity contribution >= 4 is 22.6 Å². The third-order valence-electron chi connectivity index (χ3n) is 4.94. The van der Waals surface area contributed by atoms with Crippen molar-refractivity contribution in [2.45, 2.75) is 63.1 Å². The fraction of sp³-hybridized carbons (Fsp3) is 0.647. The molecule has 0 N–H and O–H groups in total. The van der Waals surface area contributed by atoms with Gasteiger partial charge in [0.2, 0.25) is 5.88 Å². The lowest BCUT2D eigenvalue weighted by molar-refractivity contribution is -0.135. The summed E-state index contributed by atoms with van der Waals surface area (Å²) in [6, 6.07) is 0.498. The second kappa shape index (κ2) is 6.27. The Hall–Kier alpha value is -1.63. The lowest BCUT2D eigenvalue weighted by Crippen LogP contribution is -2.43. The number of halogens is 3. The molecule has 25 heavy (non-hydrogen) atoms. The van der Waals surface area contributed by atoms with Gasteiger partial charge in [0, 0.05) is 19.9 Å². The number of aromatic nitrogens is 3. The largest absolute Gasteiger partial charge is 0.473 e. The van der Waals surface area contributed by atoms with Crippen LogP contribution in [0.1, 0.15) is 44.9 Å². The zero-order chi connectivity index (χ0) is 17.6. The molecule has 2 heterocycles. The molecule has 0 saturated heterocycles. The van der Waals surface area contributed by atoms with Gasteiger partial charge in [-0.15, -0.1) is 0 Å². The quantitative estimate of drug-likeness (QED) is 0.793. The molecule has 2 aliphatic rings. The van der Waals surface area contributed by atoms with Gasteiger partial charge in [0.15, 0.2) is 0 Å². The smallest absolute Gasteiger partial charge is 0.297 e. The van der Waals surface area contributed by atoms with Crippen LogP contribution in [0, 0.1) is 0 Å². The van der Waals surface area contributed by atoms with E-state index in [-0.39, 0.29) is 29.8 Å². The summed E-state index contributed by atoms with van der Waals surface area (Å²) in [5, 5.41) is 0.279. The van der Waals surface area contributed by atoms with Crippen molar-refractivity contribution in [3.8, 4) is 11.9 Å². The van der Waals surface area contributed by atoms with Crippen molar-refractivity contribution in [1.82, 2.24) is 14.5 Å². The molecule has 0 bridgehead atoms. The van der Waals surface area contributed by atoms with Gasteiger partial charge in [0.05, 0.1) is 11.7 Å². The van der Waals surface area contributed by atoms with E-state index in [9.17, 15) is 8.78 Å². The molecule has 0 radical (unpaired) electrons. The molecule has 136 valence electrons. The van der Waals surface area contributed by atoms with Crippen LogP contribution in [0.2, 0.25) is 5.02 Å². The van der Waals surface area contributed by atoms with E-state index in [1.165, 1.54) is 19.3 Å². The van der Waals surface area contributed by atoms with E-state index < -0.39 is 12.0 Å². The molecule has 2 aliphatic carbocycles. The molecule has 4 rings (SSSR count). The number of hydrogen-bond donors (Lipinski definition) is 0. The number of pyridine rings is 1. The molecular formula is C17H20ClF2N3O2. The van der Waals surface area contributed by atoms with E-state index in [1.807, 2.05) is 7.05 Å². The van der Waals surface area contributed by atoms with Gasteiger partial charge >= 0.3 is 0 Å². The topological polar surface area (TPSA) is 49.2 Å². The molecule has 2 aromatic rings. The van der Waals surface area contributed by atoms with Gasteiger partial charge in [0.25, 0.3) is 11.9 Å². The van der Waals surface area contributed by atoms with Gasteiger partial charge < -0.3 is 9.47 Å². The van der Waals surface area contributed by atoms with Gasteiger partial charge in [-0.3, -0.25) is 4.57 Å². The van der Waals surface area contributed by atoms with Crippen LogP contribution in [0.15, 0.2) is 6.20 Å². The maximum Gasteiger partial charge on any atom is 0.297 e. The molecule has 0 spiro atoms. The lowest BCUT2D eigenvalue weighted by atomic mass is 9.91. The standard InChI is InChI=1S/C17H20ClF2N3O2/c1-23-14-12(22-16(23)25-10-5-3-2-4-6-10)9-21-15(13(14)18)24-11-7-17(19,20)8-11/h9-11H,2-8H2,1H3. The Balaban J connectivity index is 1.57. The molecule has 2 saturated carbocycles. The molecule has 2 aromatic heterocycles. The highest BCUT2D eigenvalue weighted by Gasteiger charge is 2.47. The number of aryl methyl sites for hydroxylation is 1. The van der Waals surface area contributed by atoms with E-state index in [1.54, 1.807) is 10.8 Å². The van der Waals surface area contributed by atoms with Gasteiger partial charge in [-0.2, -0.15) is 4.98 Å². The third-order valence-corrected chi connectivity index (χ3v) is 5.28. The van der Waals surface area contributed by atoms with Crippen molar-refractivity contribution < 1.29 is 18.3 Å². The monoisotopic (exact) mass is 371 g/mol. The first kappa shape index (κ1) is 16.8. The Bertz CT molecular complexity index is 782. The average molecular weight is 372 g/mol. The first-order valence-corrected chi connectivity index (χ1v) is 9.03. The Morgan fingerprint density at radius 2 is 1.88 bits per heavy atom. The van der Waals surface area contributed by atoms with Crippen LogP contribution in [0.25, 0.3) is 11.0 Å². The van der Waals surface area contributed by atoms with Crippen molar-refractivity contribution in [2.75, 3.05) is 0 Å². The molecule has 2 fully saturated rings. The van der Waals surface area contributed by atoms with Crippen LogP contribution < -0.4 is 9.47 Å². The minimum Gasteiger partial charge on any atom is -0.473 e.